The highest BCUT2D eigenvalue weighted by molar-refractivity contribution is 8.00. The highest BCUT2D eigenvalue weighted by Gasteiger charge is 2.47. The highest BCUT2D eigenvalue weighted by Crippen LogP contribution is 2.26. The number of carbonyl (C=O) groups excluding carboxylic acids is 3. The maximum Gasteiger partial charge on any atom is 0.328 e. The van der Waals surface area contributed by atoms with Gasteiger partial charge >= 0.3 is 11.9 Å². The zero-order chi connectivity index (χ0) is 24.2. The summed E-state index contributed by atoms with van der Waals surface area (Å²) in [6, 6.07) is 7.75. The molecule has 33 heavy (non-hydrogen) atoms. The molecule has 3 atom stereocenters. The van der Waals surface area contributed by atoms with Gasteiger partial charge in [-0.05, 0) is 45.6 Å². The van der Waals surface area contributed by atoms with Gasteiger partial charge in [0, 0.05) is 13.1 Å². The molecule has 2 fully saturated rings. The number of hydrogen-bond acceptors (Lipinski definition) is 7. The number of benzene rings is 1. The van der Waals surface area contributed by atoms with Crippen LogP contribution in [0.3, 0.4) is 0 Å². The molecule has 3 rings (SSSR count). The molecule has 2 amide bonds. The van der Waals surface area contributed by atoms with E-state index >= 15 is 0 Å². The molecular formula is C23H31N3O6S. The molecule has 0 aliphatic carbocycles. The maximum absolute atomic E-state index is 13.2. The molecule has 2 aliphatic heterocycles. The fourth-order valence-corrected chi connectivity index (χ4v) is 4.73. The third kappa shape index (κ3) is 6.26. The number of hydrogen-bond donors (Lipinski definition) is 2. The molecule has 0 aromatic heterocycles. The number of thioether (sulfide) groups is 1. The number of aliphatic carboxylic acids is 1. The second-order valence-corrected chi connectivity index (χ2v) is 10.4. The van der Waals surface area contributed by atoms with Crippen LogP contribution in [0.4, 0.5) is 0 Å². The summed E-state index contributed by atoms with van der Waals surface area (Å²) in [4.78, 5) is 49.7. The fraction of sp³-hybridized carbons (Fsp3) is 0.565. The minimum Gasteiger partial charge on any atom is -0.480 e. The molecular weight excluding hydrogens is 446 g/mol. The van der Waals surface area contributed by atoms with Gasteiger partial charge in [-0.3, -0.25) is 19.4 Å². The van der Waals surface area contributed by atoms with E-state index < -0.39 is 34.6 Å². The number of amides is 2. The average Bonchev–Trinajstić information content (AvgIpc) is 3.08. The van der Waals surface area contributed by atoms with E-state index in [9.17, 15) is 24.3 Å². The number of carboxylic acid groups (broad SMARTS) is 1. The molecule has 0 radical (unpaired) electrons. The fourth-order valence-electron chi connectivity index (χ4n) is 3.86. The van der Waals surface area contributed by atoms with Crippen molar-refractivity contribution in [3.63, 3.8) is 0 Å². The van der Waals surface area contributed by atoms with Gasteiger partial charge in [0.25, 0.3) is 5.91 Å². The molecule has 1 unspecified atom stereocenters. The summed E-state index contributed by atoms with van der Waals surface area (Å²) in [6.07, 6.45) is 1.47. The Hall–Kier alpha value is -2.59. The molecule has 0 bridgehead atoms. The number of carbonyl (C=O) groups is 4. The Bertz CT molecular complexity index is 888. The first kappa shape index (κ1) is 25.0. The minimum absolute atomic E-state index is 0.0129. The van der Waals surface area contributed by atoms with Crippen molar-refractivity contribution in [3.05, 3.63) is 35.9 Å². The van der Waals surface area contributed by atoms with E-state index in [1.807, 2.05) is 30.3 Å². The van der Waals surface area contributed by atoms with Crippen LogP contribution in [0.25, 0.3) is 0 Å². The molecule has 0 spiro atoms. The van der Waals surface area contributed by atoms with Crippen molar-refractivity contribution in [2.45, 2.75) is 57.4 Å². The molecule has 180 valence electrons. The van der Waals surface area contributed by atoms with Crippen LogP contribution >= 0.6 is 11.8 Å². The summed E-state index contributed by atoms with van der Waals surface area (Å²) in [7, 11) is 0. The first-order valence-corrected chi connectivity index (χ1v) is 12.1. The van der Waals surface area contributed by atoms with Crippen LogP contribution in [0.2, 0.25) is 0 Å². The Morgan fingerprint density at radius 3 is 2.58 bits per heavy atom. The maximum atomic E-state index is 13.2. The van der Waals surface area contributed by atoms with Gasteiger partial charge in [-0.2, -0.15) is 0 Å². The standard InChI is InChI=1S/C23H31N3O6S/c1-23(2,3)22(31)32-14-33-18(12-15-8-5-4-6-9-15)19(27)24-16-13-25-11-7-10-17(21(29)30)26(25)20(16)28/h4-6,8-9,16-18H,7,10-14H2,1-3H3,(H,24,27)(H,29,30)/t16?,17-,18+/m0/s1. The third-order valence-corrected chi connectivity index (χ3v) is 6.68. The summed E-state index contributed by atoms with van der Waals surface area (Å²) in [5.41, 5.74) is 0.297. The lowest BCUT2D eigenvalue weighted by Crippen LogP contribution is -2.54. The monoisotopic (exact) mass is 477 g/mol. The second-order valence-electron chi connectivity index (χ2n) is 9.30. The molecule has 10 heteroatoms. The Labute approximate surface area is 197 Å². The smallest absolute Gasteiger partial charge is 0.328 e. The number of esters is 1. The van der Waals surface area contributed by atoms with E-state index in [1.54, 1.807) is 25.8 Å². The first-order chi connectivity index (χ1) is 15.6. The number of fused-ring (bicyclic) bond motifs is 1. The predicted molar refractivity (Wildman–Crippen MR) is 123 cm³/mol. The number of nitrogens with one attached hydrogen (secondary N) is 1. The Balaban J connectivity index is 1.67. The van der Waals surface area contributed by atoms with Gasteiger partial charge in [0.2, 0.25) is 5.91 Å². The number of rotatable bonds is 8. The van der Waals surface area contributed by atoms with Crippen molar-refractivity contribution in [3.8, 4) is 0 Å². The Morgan fingerprint density at radius 2 is 1.94 bits per heavy atom. The molecule has 1 aromatic rings. The van der Waals surface area contributed by atoms with Crippen LogP contribution in [0.15, 0.2) is 30.3 Å². The lowest BCUT2D eigenvalue weighted by Gasteiger charge is -2.36. The van der Waals surface area contributed by atoms with E-state index in [0.29, 0.717) is 25.8 Å². The lowest BCUT2D eigenvalue weighted by atomic mass is 9.98. The average molecular weight is 478 g/mol. The van der Waals surface area contributed by atoms with Crippen molar-refractivity contribution in [2.24, 2.45) is 5.41 Å². The molecule has 2 N–H and O–H groups in total. The van der Waals surface area contributed by atoms with Crippen LogP contribution in [0.1, 0.15) is 39.2 Å². The zero-order valence-corrected chi connectivity index (χ0v) is 20.0. The van der Waals surface area contributed by atoms with Gasteiger partial charge in [-0.25, -0.2) is 9.80 Å². The SMILES string of the molecule is CC(C)(C)C(=O)OCS[C@H](Cc1ccccc1)C(=O)NC1CN2CCC[C@@H](C(=O)O)N2C1=O. The second kappa shape index (κ2) is 10.6. The summed E-state index contributed by atoms with van der Waals surface area (Å²) in [5, 5.41) is 14.7. The van der Waals surface area contributed by atoms with Gasteiger partial charge in [-0.15, -0.1) is 11.8 Å². The largest absolute Gasteiger partial charge is 0.480 e. The zero-order valence-electron chi connectivity index (χ0n) is 19.2. The van der Waals surface area contributed by atoms with Crippen LogP contribution < -0.4 is 5.32 Å². The van der Waals surface area contributed by atoms with Crippen molar-refractivity contribution >= 4 is 35.5 Å². The summed E-state index contributed by atoms with van der Waals surface area (Å²) in [5.74, 6) is -2.14. The van der Waals surface area contributed by atoms with Gasteiger partial charge in [0.1, 0.15) is 18.0 Å². The third-order valence-electron chi connectivity index (χ3n) is 5.64. The number of ether oxygens (including phenoxy) is 1. The molecule has 0 saturated carbocycles. The Morgan fingerprint density at radius 1 is 1.24 bits per heavy atom. The molecule has 9 nitrogen and oxygen atoms in total. The summed E-state index contributed by atoms with van der Waals surface area (Å²) in [6.45, 7) is 6.10. The molecule has 2 aliphatic rings. The van der Waals surface area contributed by atoms with E-state index in [2.05, 4.69) is 5.32 Å². The van der Waals surface area contributed by atoms with Gasteiger partial charge in [-0.1, -0.05) is 30.3 Å². The van der Waals surface area contributed by atoms with E-state index in [-0.39, 0.29) is 24.4 Å². The molecule has 2 saturated heterocycles. The van der Waals surface area contributed by atoms with Crippen molar-refractivity contribution in [1.29, 1.82) is 0 Å². The van der Waals surface area contributed by atoms with Crippen LogP contribution in [-0.2, 0) is 30.3 Å². The predicted octanol–water partition coefficient (Wildman–Crippen LogP) is 1.67. The lowest BCUT2D eigenvalue weighted by molar-refractivity contribution is -0.165. The van der Waals surface area contributed by atoms with Gasteiger partial charge < -0.3 is 15.2 Å². The van der Waals surface area contributed by atoms with Crippen molar-refractivity contribution in [1.82, 2.24) is 15.3 Å². The number of nitrogens with zero attached hydrogens (tertiary/aromatic N) is 2. The summed E-state index contributed by atoms with van der Waals surface area (Å²) >= 11 is 1.20. The van der Waals surface area contributed by atoms with Crippen molar-refractivity contribution < 1.29 is 29.0 Å². The molecule has 1 aromatic carbocycles. The van der Waals surface area contributed by atoms with E-state index in [0.717, 1.165) is 5.56 Å². The Kier molecular flexibility index (Phi) is 8.01. The van der Waals surface area contributed by atoms with Crippen molar-refractivity contribution in [2.75, 3.05) is 19.0 Å². The molecule has 2 heterocycles. The summed E-state index contributed by atoms with van der Waals surface area (Å²) < 4.78 is 5.33. The van der Waals surface area contributed by atoms with E-state index in [4.69, 9.17) is 4.74 Å². The number of hydrazine groups is 1. The van der Waals surface area contributed by atoms with E-state index in [1.165, 1.54) is 16.8 Å². The highest BCUT2D eigenvalue weighted by atomic mass is 32.2. The van der Waals surface area contributed by atoms with Crippen LogP contribution in [-0.4, -0.2) is 75.2 Å². The van der Waals surface area contributed by atoms with Gasteiger partial charge in [0.15, 0.2) is 0 Å². The first-order valence-electron chi connectivity index (χ1n) is 11.0. The van der Waals surface area contributed by atoms with Gasteiger partial charge in [0.05, 0.1) is 10.7 Å². The normalized spacial score (nSPS) is 21.9. The van der Waals surface area contributed by atoms with Crippen LogP contribution in [0, 0.1) is 5.41 Å². The van der Waals surface area contributed by atoms with Crippen LogP contribution in [0.5, 0.6) is 0 Å². The minimum atomic E-state index is -1.04. The number of carboxylic acids is 1. The topological polar surface area (TPSA) is 116 Å². The quantitative estimate of drug-likeness (QED) is 0.429.